The van der Waals surface area contributed by atoms with Crippen LogP contribution in [0.2, 0.25) is 0 Å². The molecule has 60 valence electrons. The average molecular weight is 165 g/mol. The number of nitrogens with zero attached hydrogens (tertiary/aromatic N) is 1. The molecule has 1 aromatic rings. The second-order valence-electron chi connectivity index (χ2n) is 2.14. The monoisotopic (exact) mass is 165 g/mol. The Balaban J connectivity index is 3.07. The molecule has 0 aliphatic carbocycles. The standard InChI is InChI=1S/C7H5BFNO2/c9-12-8(11)7-4-2-1-3-6(7)5-10/h1-4,11H. The Hall–Kier alpha value is -1.38. The summed E-state index contributed by atoms with van der Waals surface area (Å²) >= 11 is 0. The van der Waals surface area contributed by atoms with Gasteiger partial charge in [-0.1, -0.05) is 22.7 Å². The molecule has 0 saturated carbocycles. The molecule has 1 rings (SSSR count). The fraction of sp³-hybridized carbons (Fsp3) is 0. The smallest absolute Gasteiger partial charge is 0.421 e. The molecule has 5 heteroatoms. The molecule has 0 aliphatic heterocycles. The molecule has 0 fully saturated rings. The van der Waals surface area contributed by atoms with Crippen molar-refractivity contribution in [2.24, 2.45) is 0 Å². The normalized spacial score (nSPS) is 9.08. The third kappa shape index (κ3) is 1.61. The summed E-state index contributed by atoms with van der Waals surface area (Å²) in [5.41, 5.74) is 0.324. The van der Waals surface area contributed by atoms with Gasteiger partial charge < -0.3 is 5.02 Å². The highest BCUT2D eigenvalue weighted by molar-refractivity contribution is 6.60. The fourth-order valence-electron chi connectivity index (χ4n) is 0.862. The number of nitriles is 1. The van der Waals surface area contributed by atoms with Crippen LogP contribution in [-0.4, -0.2) is 12.1 Å². The average Bonchev–Trinajstić information content (AvgIpc) is 2.16. The van der Waals surface area contributed by atoms with Crippen molar-refractivity contribution in [2.45, 2.75) is 0 Å². The third-order valence-electron chi connectivity index (χ3n) is 1.43. The molecule has 0 saturated heterocycles. The predicted molar refractivity (Wildman–Crippen MR) is 41.0 cm³/mol. The van der Waals surface area contributed by atoms with Crippen LogP contribution in [0.1, 0.15) is 5.56 Å². The summed E-state index contributed by atoms with van der Waals surface area (Å²) in [6.07, 6.45) is 0. The molecule has 1 aromatic carbocycles. The summed E-state index contributed by atoms with van der Waals surface area (Å²) < 4.78 is 11.5. The Labute approximate surface area is 69.1 Å². The van der Waals surface area contributed by atoms with E-state index in [1.165, 1.54) is 12.1 Å². The van der Waals surface area contributed by atoms with Gasteiger partial charge in [-0.15, -0.1) is 0 Å². The zero-order valence-electron chi connectivity index (χ0n) is 6.07. The van der Waals surface area contributed by atoms with Crippen molar-refractivity contribution in [3.8, 4) is 6.07 Å². The van der Waals surface area contributed by atoms with Crippen LogP contribution in [0, 0.1) is 11.3 Å². The fourth-order valence-corrected chi connectivity index (χ4v) is 0.862. The molecule has 0 amide bonds. The van der Waals surface area contributed by atoms with Gasteiger partial charge in [-0.2, -0.15) is 5.26 Å². The molecule has 0 unspecified atom stereocenters. The highest BCUT2D eigenvalue weighted by Gasteiger charge is 2.20. The molecule has 1 N–H and O–H groups in total. The van der Waals surface area contributed by atoms with E-state index in [2.05, 4.69) is 4.86 Å². The van der Waals surface area contributed by atoms with E-state index in [9.17, 15) is 4.53 Å². The van der Waals surface area contributed by atoms with Crippen LogP contribution < -0.4 is 5.46 Å². The predicted octanol–water partition coefficient (Wildman–Crippen LogP) is 0.147. The highest BCUT2D eigenvalue weighted by Crippen LogP contribution is 1.96. The van der Waals surface area contributed by atoms with Gasteiger partial charge in [0.05, 0.1) is 11.6 Å². The minimum absolute atomic E-state index is 0.127. The SMILES string of the molecule is N#Cc1ccccc1B(O)OF. The first-order chi connectivity index (χ1) is 5.79. The first-order valence-corrected chi connectivity index (χ1v) is 3.24. The lowest BCUT2D eigenvalue weighted by molar-refractivity contribution is -0.0267. The van der Waals surface area contributed by atoms with Crippen molar-refractivity contribution in [3.05, 3.63) is 29.8 Å². The summed E-state index contributed by atoms with van der Waals surface area (Å²) in [7, 11) is -1.68. The van der Waals surface area contributed by atoms with Gasteiger partial charge >= 0.3 is 7.12 Å². The van der Waals surface area contributed by atoms with Crippen LogP contribution in [0.25, 0.3) is 0 Å². The zero-order chi connectivity index (χ0) is 8.97. The molecular formula is C7H5BFNO2. The largest absolute Gasteiger partial charge is 0.531 e. The summed E-state index contributed by atoms with van der Waals surface area (Å²) in [6.45, 7) is 0. The van der Waals surface area contributed by atoms with E-state index in [0.29, 0.717) is 0 Å². The Kier molecular flexibility index (Phi) is 2.80. The molecule has 3 nitrogen and oxygen atoms in total. The maximum atomic E-state index is 11.5. The summed E-state index contributed by atoms with van der Waals surface area (Å²) in [5, 5.41) is 17.4. The van der Waals surface area contributed by atoms with E-state index in [0.717, 1.165) is 0 Å². The first-order valence-electron chi connectivity index (χ1n) is 3.24. The summed E-state index contributed by atoms with van der Waals surface area (Å²) in [6, 6.07) is 7.89. The third-order valence-corrected chi connectivity index (χ3v) is 1.43. The molecule has 0 atom stereocenters. The lowest BCUT2D eigenvalue weighted by Gasteiger charge is -2.01. The van der Waals surface area contributed by atoms with E-state index in [1.807, 2.05) is 0 Å². The first kappa shape index (κ1) is 8.72. The van der Waals surface area contributed by atoms with Gasteiger partial charge in [-0.25, -0.2) is 4.86 Å². The Bertz CT molecular complexity index is 313. The van der Waals surface area contributed by atoms with Crippen molar-refractivity contribution < 1.29 is 14.4 Å². The van der Waals surface area contributed by atoms with Crippen LogP contribution in [-0.2, 0) is 4.86 Å². The van der Waals surface area contributed by atoms with Gasteiger partial charge in [0.1, 0.15) is 0 Å². The molecule has 12 heavy (non-hydrogen) atoms. The molecule has 0 bridgehead atoms. The molecular weight excluding hydrogens is 160 g/mol. The minimum atomic E-state index is -1.68. The number of rotatable bonds is 2. The lowest BCUT2D eigenvalue weighted by atomic mass is 9.77. The van der Waals surface area contributed by atoms with Crippen molar-refractivity contribution in [1.29, 1.82) is 5.26 Å². The second-order valence-corrected chi connectivity index (χ2v) is 2.14. The minimum Gasteiger partial charge on any atom is -0.421 e. The molecule has 0 radical (unpaired) electrons. The Morgan fingerprint density at radius 1 is 1.50 bits per heavy atom. The van der Waals surface area contributed by atoms with Gasteiger partial charge in [0, 0.05) is 5.46 Å². The van der Waals surface area contributed by atoms with Crippen molar-refractivity contribution in [1.82, 2.24) is 0 Å². The molecule has 0 aliphatic rings. The van der Waals surface area contributed by atoms with Gasteiger partial charge in [-0.05, 0) is 6.07 Å². The van der Waals surface area contributed by atoms with Crippen LogP contribution in [0.15, 0.2) is 24.3 Å². The summed E-state index contributed by atoms with van der Waals surface area (Å²) in [5.74, 6) is 0. The molecule has 0 aromatic heterocycles. The zero-order valence-corrected chi connectivity index (χ0v) is 6.07. The number of hydrogen-bond acceptors (Lipinski definition) is 3. The number of hydrogen-bond donors (Lipinski definition) is 1. The van der Waals surface area contributed by atoms with E-state index >= 15 is 0 Å². The van der Waals surface area contributed by atoms with Crippen molar-refractivity contribution in [3.63, 3.8) is 0 Å². The van der Waals surface area contributed by atoms with Crippen LogP contribution in [0.5, 0.6) is 0 Å². The van der Waals surface area contributed by atoms with Gasteiger partial charge in [-0.3, -0.25) is 0 Å². The quantitative estimate of drug-likeness (QED) is 0.634. The van der Waals surface area contributed by atoms with E-state index in [-0.39, 0.29) is 11.0 Å². The van der Waals surface area contributed by atoms with Crippen LogP contribution in [0.3, 0.4) is 0 Å². The highest BCUT2D eigenvalue weighted by atomic mass is 19.3. The molecule has 0 spiro atoms. The second kappa shape index (κ2) is 3.86. The maximum absolute atomic E-state index is 11.5. The van der Waals surface area contributed by atoms with E-state index in [1.54, 1.807) is 18.2 Å². The summed E-state index contributed by atoms with van der Waals surface area (Å²) in [4.78, 5) is 3.18. The lowest BCUT2D eigenvalue weighted by Crippen LogP contribution is -2.33. The number of benzene rings is 1. The van der Waals surface area contributed by atoms with Crippen molar-refractivity contribution >= 4 is 12.6 Å². The van der Waals surface area contributed by atoms with Gasteiger partial charge in [0.2, 0.25) is 0 Å². The Morgan fingerprint density at radius 2 is 2.17 bits per heavy atom. The topological polar surface area (TPSA) is 53.2 Å². The van der Waals surface area contributed by atoms with E-state index in [4.69, 9.17) is 10.3 Å². The van der Waals surface area contributed by atoms with Crippen LogP contribution in [0.4, 0.5) is 4.53 Å². The van der Waals surface area contributed by atoms with Crippen LogP contribution >= 0.6 is 0 Å². The maximum Gasteiger partial charge on any atom is 0.531 e. The van der Waals surface area contributed by atoms with E-state index < -0.39 is 7.12 Å². The molecule has 0 heterocycles. The number of halogens is 1. The Morgan fingerprint density at radius 3 is 2.75 bits per heavy atom. The van der Waals surface area contributed by atoms with Gasteiger partial charge in [0.25, 0.3) is 0 Å². The van der Waals surface area contributed by atoms with Gasteiger partial charge in [0.15, 0.2) is 0 Å². The van der Waals surface area contributed by atoms with Crippen molar-refractivity contribution in [2.75, 3.05) is 0 Å².